The lowest BCUT2D eigenvalue weighted by molar-refractivity contribution is 0.0954. The van der Waals surface area contributed by atoms with E-state index in [1.807, 2.05) is 24.3 Å². The summed E-state index contributed by atoms with van der Waals surface area (Å²) < 4.78 is 1.02. The van der Waals surface area contributed by atoms with E-state index in [1.54, 1.807) is 6.92 Å². The van der Waals surface area contributed by atoms with Gasteiger partial charge in [-0.3, -0.25) is 4.79 Å². The fourth-order valence-corrected chi connectivity index (χ4v) is 2.95. The zero-order chi connectivity index (χ0) is 13.8. The van der Waals surface area contributed by atoms with E-state index < -0.39 is 0 Å². The van der Waals surface area contributed by atoms with Gasteiger partial charge in [0.1, 0.15) is 4.88 Å². The van der Waals surface area contributed by atoms with Crippen molar-refractivity contribution in [3.8, 4) is 0 Å². The van der Waals surface area contributed by atoms with Crippen molar-refractivity contribution < 1.29 is 9.90 Å². The summed E-state index contributed by atoms with van der Waals surface area (Å²) in [6.07, 6.45) is 1.11. The van der Waals surface area contributed by atoms with Crippen LogP contribution in [0, 0.1) is 0 Å². The summed E-state index contributed by atoms with van der Waals surface area (Å²) in [5.41, 5.74) is 6.55. The molecule has 0 bridgehead atoms. The van der Waals surface area contributed by atoms with E-state index in [9.17, 15) is 4.79 Å². The van der Waals surface area contributed by atoms with Gasteiger partial charge in [-0.2, -0.15) is 0 Å². The second kappa shape index (κ2) is 6.04. The molecule has 102 valence electrons. The summed E-state index contributed by atoms with van der Waals surface area (Å²) in [5, 5.41) is 12.9. The van der Waals surface area contributed by atoms with E-state index >= 15 is 0 Å². The standard InChI is InChI=1S/C14H18N2O2S/c1-9(17)5-4-8-16-14(18)13-12(15)10-6-2-3-7-11(10)19-13/h2-3,6-7,9,17H,4-5,8,15H2,1H3,(H,16,18). The SMILES string of the molecule is CC(O)CCCNC(=O)c1sc2ccccc2c1N. The summed E-state index contributed by atoms with van der Waals surface area (Å²) in [6.45, 7) is 2.29. The third-order valence-electron chi connectivity index (χ3n) is 2.92. The Morgan fingerprint density at radius 1 is 1.47 bits per heavy atom. The van der Waals surface area contributed by atoms with Gasteiger partial charge < -0.3 is 16.2 Å². The number of hydrogen-bond acceptors (Lipinski definition) is 4. The lowest BCUT2D eigenvalue weighted by Crippen LogP contribution is -2.24. The molecule has 19 heavy (non-hydrogen) atoms. The van der Waals surface area contributed by atoms with Gasteiger partial charge in [-0.1, -0.05) is 18.2 Å². The predicted octanol–water partition coefficient (Wildman–Crippen LogP) is 2.37. The second-order valence-electron chi connectivity index (χ2n) is 4.59. The summed E-state index contributed by atoms with van der Waals surface area (Å²) in [5.74, 6) is -0.135. The number of nitrogens with one attached hydrogen (secondary N) is 1. The first-order valence-electron chi connectivity index (χ1n) is 6.33. The van der Waals surface area contributed by atoms with E-state index in [0.29, 0.717) is 23.5 Å². The third kappa shape index (κ3) is 3.24. The van der Waals surface area contributed by atoms with Crippen LogP contribution in [0.4, 0.5) is 5.69 Å². The van der Waals surface area contributed by atoms with E-state index in [2.05, 4.69) is 5.32 Å². The molecule has 0 radical (unpaired) electrons. The number of nitrogen functional groups attached to an aromatic ring is 1. The van der Waals surface area contributed by atoms with Crippen LogP contribution >= 0.6 is 11.3 Å². The first kappa shape index (κ1) is 13.8. The van der Waals surface area contributed by atoms with Gasteiger partial charge in [0.25, 0.3) is 5.91 Å². The monoisotopic (exact) mass is 278 g/mol. The Kier molecular flexibility index (Phi) is 4.39. The van der Waals surface area contributed by atoms with Crippen LogP contribution in [0.5, 0.6) is 0 Å². The molecule has 2 aromatic rings. The molecule has 2 rings (SSSR count). The average molecular weight is 278 g/mol. The second-order valence-corrected chi connectivity index (χ2v) is 5.64. The van der Waals surface area contributed by atoms with Crippen LogP contribution in [0.15, 0.2) is 24.3 Å². The number of nitrogens with two attached hydrogens (primary N) is 1. The number of carbonyl (C=O) groups is 1. The van der Waals surface area contributed by atoms with Crippen LogP contribution in [0.3, 0.4) is 0 Å². The molecule has 1 unspecified atom stereocenters. The number of hydrogen-bond donors (Lipinski definition) is 3. The Balaban J connectivity index is 2.03. The molecule has 0 fully saturated rings. The predicted molar refractivity (Wildman–Crippen MR) is 79.5 cm³/mol. The molecule has 1 aromatic heterocycles. The maximum absolute atomic E-state index is 12.0. The lowest BCUT2D eigenvalue weighted by atomic mass is 10.2. The normalized spacial score (nSPS) is 12.5. The zero-order valence-corrected chi connectivity index (χ0v) is 11.7. The van der Waals surface area contributed by atoms with Crippen LogP contribution in [0.1, 0.15) is 29.4 Å². The molecule has 5 heteroatoms. The van der Waals surface area contributed by atoms with Crippen LogP contribution in [-0.2, 0) is 0 Å². The highest BCUT2D eigenvalue weighted by molar-refractivity contribution is 7.21. The topological polar surface area (TPSA) is 75.3 Å². The number of carbonyl (C=O) groups excluding carboxylic acids is 1. The Hall–Kier alpha value is -1.59. The van der Waals surface area contributed by atoms with Crippen molar-refractivity contribution in [1.29, 1.82) is 0 Å². The molecule has 1 amide bonds. The molecule has 0 aliphatic rings. The molecule has 1 atom stereocenters. The number of benzene rings is 1. The van der Waals surface area contributed by atoms with E-state index in [4.69, 9.17) is 10.8 Å². The molecular weight excluding hydrogens is 260 g/mol. The highest BCUT2D eigenvalue weighted by Gasteiger charge is 2.15. The summed E-state index contributed by atoms with van der Waals surface area (Å²) in [6, 6.07) is 7.73. The lowest BCUT2D eigenvalue weighted by Gasteiger charge is -2.05. The fraction of sp³-hybridized carbons (Fsp3) is 0.357. The van der Waals surface area contributed by atoms with Crippen molar-refractivity contribution in [1.82, 2.24) is 5.32 Å². The van der Waals surface area contributed by atoms with Gasteiger partial charge in [0.05, 0.1) is 11.8 Å². The summed E-state index contributed by atoms with van der Waals surface area (Å²) >= 11 is 1.41. The van der Waals surface area contributed by atoms with Crippen molar-refractivity contribution in [3.05, 3.63) is 29.1 Å². The number of rotatable bonds is 5. The number of aliphatic hydroxyl groups is 1. The quantitative estimate of drug-likeness (QED) is 0.735. The van der Waals surface area contributed by atoms with Gasteiger partial charge >= 0.3 is 0 Å². The van der Waals surface area contributed by atoms with Crippen molar-refractivity contribution in [2.75, 3.05) is 12.3 Å². The van der Waals surface area contributed by atoms with Crippen LogP contribution < -0.4 is 11.1 Å². The van der Waals surface area contributed by atoms with Crippen LogP contribution in [-0.4, -0.2) is 23.7 Å². The summed E-state index contributed by atoms with van der Waals surface area (Å²) in [7, 11) is 0. The van der Waals surface area contributed by atoms with Gasteiger partial charge in [0, 0.05) is 16.6 Å². The average Bonchev–Trinajstić information content (AvgIpc) is 2.72. The van der Waals surface area contributed by atoms with E-state index in [1.165, 1.54) is 11.3 Å². The maximum atomic E-state index is 12.0. The number of aliphatic hydroxyl groups excluding tert-OH is 1. The maximum Gasteiger partial charge on any atom is 0.263 e. The van der Waals surface area contributed by atoms with E-state index in [-0.39, 0.29) is 12.0 Å². The number of amides is 1. The molecule has 0 spiro atoms. The van der Waals surface area contributed by atoms with Gasteiger partial charge in [-0.25, -0.2) is 0 Å². The summed E-state index contributed by atoms with van der Waals surface area (Å²) in [4.78, 5) is 12.6. The Morgan fingerprint density at radius 2 is 2.21 bits per heavy atom. The van der Waals surface area contributed by atoms with Gasteiger partial charge in [-0.15, -0.1) is 11.3 Å². The minimum Gasteiger partial charge on any atom is -0.397 e. The number of anilines is 1. The zero-order valence-electron chi connectivity index (χ0n) is 10.8. The highest BCUT2D eigenvalue weighted by Crippen LogP contribution is 2.33. The molecule has 4 N–H and O–H groups in total. The molecule has 1 aromatic carbocycles. The van der Waals surface area contributed by atoms with Crippen LogP contribution in [0.2, 0.25) is 0 Å². The minimum absolute atomic E-state index is 0.135. The first-order chi connectivity index (χ1) is 9.09. The smallest absolute Gasteiger partial charge is 0.263 e. The van der Waals surface area contributed by atoms with Gasteiger partial charge in [0.2, 0.25) is 0 Å². The van der Waals surface area contributed by atoms with Crippen molar-refractivity contribution in [2.24, 2.45) is 0 Å². The van der Waals surface area contributed by atoms with Crippen molar-refractivity contribution >= 4 is 33.0 Å². The van der Waals surface area contributed by atoms with Gasteiger partial charge in [-0.05, 0) is 25.8 Å². The fourth-order valence-electron chi connectivity index (χ4n) is 1.91. The largest absolute Gasteiger partial charge is 0.397 e. The van der Waals surface area contributed by atoms with Crippen molar-refractivity contribution in [2.45, 2.75) is 25.9 Å². The third-order valence-corrected chi connectivity index (χ3v) is 4.11. The highest BCUT2D eigenvalue weighted by atomic mass is 32.1. The van der Waals surface area contributed by atoms with Gasteiger partial charge in [0.15, 0.2) is 0 Å². The molecule has 0 saturated heterocycles. The number of fused-ring (bicyclic) bond motifs is 1. The molecule has 1 heterocycles. The Labute approximate surface area is 116 Å². The van der Waals surface area contributed by atoms with Crippen LogP contribution in [0.25, 0.3) is 10.1 Å². The Bertz CT molecular complexity index is 578. The molecular formula is C14H18N2O2S. The molecule has 0 saturated carbocycles. The first-order valence-corrected chi connectivity index (χ1v) is 7.14. The molecule has 0 aliphatic carbocycles. The van der Waals surface area contributed by atoms with Crippen molar-refractivity contribution in [3.63, 3.8) is 0 Å². The van der Waals surface area contributed by atoms with E-state index in [0.717, 1.165) is 16.5 Å². The molecule has 0 aliphatic heterocycles. The Morgan fingerprint density at radius 3 is 2.89 bits per heavy atom. The number of thiophene rings is 1. The minimum atomic E-state index is -0.328. The molecule has 4 nitrogen and oxygen atoms in total.